The van der Waals surface area contributed by atoms with E-state index in [9.17, 15) is 19.0 Å². The molecule has 0 heterocycles. The SMILES string of the molecule is CC[C@H](NB(C)O)C(=O)Nc1cccc(F)c1C(=O)Nc1ccccc1. The summed E-state index contributed by atoms with van der Waals surface area (Å²) in [6, 6.07) is 12.0. The van der Waals surface area contributed by atoms with Gasteiger partial charge in [0.05, 0.1) is 17.3 Å². The molecule has 0 aromatic heterocycles. The van der Waals surface area contributed by atoms with Crippen molar-refractivity contribution in [1.82, 2.24) is 5.23 Å². The molecule has 0 saturated heterocycles. The maximum atomic E-state index is 14.3. The van der Waals surface area contributed by atoms with Crippen LogP contribution in [0.1, 0.15) is 23.7 Å². The molecule has 6 nitrogen and oxygen atoms in total. The van der Waals surface area contributed by atoms with Crippen molar-refractivity contribution >= 4 is 30.2 Å². The molecule has 2 rings (SSSR count). The number of rotatable bonds is 7. The quantitative estimate of drug-likeness (QED) is 0.573. The summed E-state index contributed by atoms with van der Waals surface area (Å²) in [6.07, 6.45) is 0.414. The van der Waals surface area contributed by atoms with Crippen molar-refractivity contribution in [3.05, 3.63) is 59.9 Å². The van der Waals surface area contributed by atoms with E-state index in [4.69, 9.17) is 0 Å². The first-order chi connectivity index (χ1) is 12.4. The largest absolute Gasteiger partial charge is 0.437 e. The molecule has 2 aromatic rings. The van der Waals surface area contributed by atoms with Gasteiger partial charge in [0.2, 0.25) is 5.91 Å². The summed E-state index contributed by atoms with van der Waals surface area (Å²) in [5.41, 5.74) is 0.325. The van der Waals surface area contributed by atoms with Crippen LogP contribution in [-0.2, 0) is 4.79 Å². The molecule has 2 aromatic carbocycles. The first-order valence-corrected chi connectivity index (χ1v) is 8.32. The maximum absolute atomic E-state index is 14.3. The molecule has 0 radical (unpaired) electrons. The second-order valence-electron chi connectivity index (χ2n) is 5.78. The minimum absolute atomic E-state index is 0.0641. The number of carbonyl (C=O) groups is 2. The third-order valence-electron chi connectivity index (χ3n) is 3.70. The van der Waals surface area contributed by atoms with Gasteiger partial charge < -0.3 is 20.9 Å². The third-order valence-corrected chi connectivity index (χ3v) is 3.70. The fraction of sp³-hybridized carbons (Fsp3) is 0.222. The van der Waals surface area contributed by atoms with Gasteiger partial charge in [-0.25, -0.2) is 4.39 Å². The molecule has 0 aliphatic rings. The average molecular weight is 357 g/mol. The maximum Gasteiger partial charge on any atom is 0.374 e. The van der Waals surface area contributed by atoms with Crippen LogP contribution >= 0.6 is 0 Å². The topological polar surface area (TPSA) is 90.5 Å². The fourth-order valence-electron chi connectivity index (χ4n) is 2.46. The van der Waals surface area contributed by atoms with Crippen molar-refractivity contribution in [2.45, 2.75) is 26.2 Å². The first-order valence-electron chi connectivity index (χ1n) is 8.32. The van der Waals surface area contributed by atoms with Gasteiger partial charge >= 0.3 is 7.05 Å². The highest BCUT2D eigenvalue weighted by atomic mass is 19.1. The minimum Gasteiger partial charge on any atom is -0.437 e. The standard InChI is InChI=1S/C18H21BFN3O3/c1-3-14(23-19(2)26)17(24)22-15-11-7-10-13(20)16(15)18(25)21-12-8-5-4-6-9-12/h4-11,14,23,26H,3H2,1-2H3,(H,21,25)(H,22,24)/t14-/m0/s1. The Balaban J connectivity index is 2.23. The molecule has 26 heavy (non-hydrogen) atoms. The lowest BCUT2D eigenvalue weighted by molar-refractivity contribution is -0.117. The summed E-state index contributed by atoms with van der Waals surface area (Å²) in [7, 11) is -0.876. The average Bonchev–Trinajstić information content (AvgIpc) is 2.60. The van der Waals surface area contributed by atoms with Crippen LogP contribution < -0.4 is 15.9 Å². The Morgan fingerprint density at radius 1 is 1.12 bits per heavy atom. The van der Waals surface area contributed by atoms with Gasteiger partial charge in [0.15, 0.2) is 0 Å². The second-order valence-corrected chi connectivity index (χ2v) is 5.78. The Bertz CT molecular complexity index is 772. The molecule has 0 unspecified atom stereocenters. The van der Waals surface area contributed by atoms with Crippen LogP contribution in [0, 0.1) is 5.82 Å². The van der Waals surface area contributed by atoms with Crippen LogP contribution in [0.4, 0.5) is 15.8 Å². The number of carbonyl (C=O) groups excluding carboxylic acids is 2. The third kappa shape index (κ3) is 5.14. The molecule has 136 valence electrons. The van der Waals surface area contributed by atoms with Crippen molar-refractivity contribution < 1.29 is 19.0 Å². The van der Waals surface area contributed by atoms with Gasteiger partial charge in [0.1, 0.15) is 5.82 Å². The number of anilines is 2. The fourth-order valence-corrected chi connectivity index (χ4v) is 2.46. The van der Waals surface area contributed by atoms with E-state index in [1.807, 2.05) is 0 Å². The van der Waals surface area contributed by atoms with Crippen molar-refractivity contribution in [3.8, 4) is 0 Å². The van der Waals surface area contributed by atoms with Crippen molar-refractivity contribution in [1.29, 1.82) is 0 Å². The van der Waals surface area contributed by atoms with Gasteiger partial charge in [-0.2, -0.15) is 0 Å². The van der Waals surface area contributed by atoms with Crippen LogP contribution in [0.25, 0.3) is 0 Å². The van der Waals surface area contributed by atoms with Gasteiger partial charge in [-0.1, -0.05) is 31.2 Å². The summed E-state index contributed by atoms with van der Waals surface area (Å²) >= 11 is 0. The zero-order chi connectivity index (χ0) is 19.1. The van der Waals surface area contributed by atoms with Crippen molar-refractivity contribution in [2.24, 2.45) is 0 Å². The summed E-state index contributed by atoms with van der Waals surface area (Å²) < 4.78 is 14.3. The van der Waals surface area contributed by atoms with Crippen LogP contribution in [0.15, 0.2) is 48.5 Å². The van der Waals surface area contributed by atoms with Crippen LogP contribution in [0.2, 0.25) is 6.82 Å². The molecule has 4 N–H and O–H groups in total. The Morgan fingerprint density at radius 3 is 2.42 bits per heavy atom. The predicted octanol–water partition coefficient (Wildman–Crippen LogP) is 2.50. The summed E-state index contributed by atoms with van der Waals surface area (Å²) in [4.78, 5) is 24.9. The highest BCUT2D eigenvalue weighted by Gasteiger charge is 2.23. The molecule has 1 atom stereocenters. The Labute approximate surface area is 151 Å². The smallest absolute Gasteiger partial charge is 0.374 e. The lowest BCUT2D eigenvalue weighted by atomic mass is 9.86. The van der Waals surface area contributed by atoms with Crippen molar-refractivity contribution in [3.63, 3.8) is 0 Å². The number of amides is 2. The molecule has 0 fully saturated rings. The van der Waals surface area contributed by atoms with Gasteiger partial charge in [0.25, 0.3) is 5.91 Å². The molecule has 0 aliphatic carbocycles. The lowest BCUT2D eigenvalue weighted by Gasteiger charge is -2.18. The summed E-state index contributed by atoms with van der Waals surface area (Å²) in [5, 5.41) is 17.3. The van der Waals surface area contributed by atoms with E-state index in [0.717, 1.165) is 6.07 Å². The minimum atomic E-state index is -0.876. The number of para-hydroxylation sites is 1. The Hall–Kier alpha value is -2.71. The zero-order valence-electron chi connectivity index (χ0n) is 14.6. The Kier molecular flexibility index (Phi) is 6.88. The summed E-state index contributed by atoms with van der Waals surface area (Å²) in [5.74, 6) is -1.87. The highest BCUT2D eigenvalue weighted by molar-refractivity contribution is 6.46. The van der Waals surface area contributed by atoms with E-state index < -0.39 is 30.7 Å². The monoisotopic (exact) mass is 357 g/mol. The molecule has 0 saturated carbocycles. The van der Waals surface area contributed by atoms with E-state index in [1.165, 1.54) is 19.0 Å². The highest BCUT2D eigenvalue weighted by Crippen LogP contribution is 2.21. The van der Waals surface area contributed by atoms with Crippen LogP contribution in [0.3, 0.4) is 0 Å². The van der Waals surface area contributed by atoms with E-state index in [2.05, 4.69) is 15.9 Å². The Morgan fingerprint density at radius 2 is 1.81 bits per heavy atom. The molecule has 0 aliphatic heterocycles. The number of hydrogen-bond acceptors (Lipinski definition) is 4. The molecule has 0 spiro atoms. The van der Waals surface area contributed by atoms with Crippen LogP contribution in [0.5, 0.6) is 0 Å². The van der Waals surface area contributed by atoms with Gasteiger partial charge in [-0.05, 0) is 37.5 Å². The molecule has 2 amide bonds. The molecule has 8 heteroatoms. The number of halogens is 1. The number of benzene rings is 2. The van der Waals surface area contributed by atoms with E-state index in [0.29, 0.717) is 12.1 Å². The van der Waals surface area contributed by atoms with Crippen molar-refractivity contribution in [2.75, 3.05) is 10.6 Å². The predicted molar refractivity (Wildman–Crippen MR) is 100 cm³/mol. The molecular weight excluding hydrogens is 336 g/mol. The van der Waals surface area contributed by atoms with E-state index in [-0.39, 0.29) is 11.3 Å². The summed E-state index contributed by atoms with van der Waals surface area (Å²) in [6.45, 7) is 3.27. The van der Waals surface area contributed by atoms with Gasteiger partial charge in [-0.3, -0.25) is 9.59 Å². The lowest BCUT2D eigenvalue weighted by Crippen LogP contribution is -2.47. The van der Waals surface area contributed by atoms with E-state index >= 15 is 0 Å². The van der Waals surface area contributed by atoms with Gasteiger partial charge in [0, 0.05) is 5.69 Å². The molecular formula is C18H21BFN3O3. The van der Waals surface area contributed by atoms with Gasteiger partial charge in [-0.15, -0.1) is 0 Å². The first kappa shape index (κ1) is 19.6. The normalized spacial score (nSPS) is 11.5. The zero-order valence-corrected chi connectivity index (χ0v) is 14.6. The number of nitrogens with one attached hydrogen (secondary N) is 3. The van der Waals surface area contributed by atoms with E-state index in [1.54, 1.807) is 37.3 Å². The molecule has 0 bridgehead atoms. The second kappa shape index (κ2) is 9.12. The number of hydrogen-bond donors (Lipinski definition) is 4. The van der Waals surface area contributed by atoms with Crippen LogP contribution in [-0.4, -0.2) is 29.9 Å².